The Balaban J connectivity index is 1.62. The number of nitrogens with one attached hydrogen (secondary N) is 1. The minimum atomic E-state index is -4.46. The van der Waals surface area contributed by atoms with E-state index in [9.17, 15) is 13.2 Å². The van der Waals surface area contributed by atoms with Crippen molar-refractivity contribution in [2.75, 3.05) is 20.2 Å². The largest absolute Gasteiger partial charge is 0.497 e. The monoisotopic (exact) mass is 564 g/mol. The normalized spacial score (nSPS) is 15.7. The molecule has 7 nitrogen and oxygen atoms in total. The van der Waals surface area contributed by atoms with Gasteiger partial charge in [0.05, 0.1) is 12.5 Å². The molecule has 1 fully saturated rings. The first-order chi connectivity index (χ1) is 19.0. The Morgan fingerprint density at radius 2 is 1.50 bits per heavy atom. The Bertz CT molecular complexity index is 1390. The van der Waals surface area contributed by atoms with Gasteiger partial charge in [0.15, 0.2) is 5.75 Å². The molecule has 40 heavy (non-hydrogen) atoms. The Morgan fingerprint density at radius 3 is 2.08 bits per heavy atom. The lowest BCUT2D eigenvalue weighted by atomic mass is 9.72. The first kappa shape index (κ1) is 29.6. The van der Waals surface area contributed by atoms with Crippen LogP contribution in [-0.2, 0) is 27.1 Å². The molecule has 1 saturated heterocycles. The van der Waals surface area contributed by atoms with Gasteiger partial charge < -0.3 is 8.92 Å². The van der Waals surface area contributed by atoms with E-state index in [1.807, 2.05) is 88.4 Å². The van der Waals surface area contributed by atoms with Gasteiger partial charge in [0.1, 0.15) is 5.75 Å². The maximum atomic E-state index is 14.0. The fourth-order valence-corrected chi connectivity index (χ4v) is 6.30. The number of nitrogens with zero attached hydrogens (tertiary/aromatic N) is 1. The highest BCUT2D eigenvalue weighted by Gasteiger charge is 2.45. The highest BCUT2D eigenvalue weighted by molar-refractivity contribution is 7.85. The summed E-state index contributed by atoms with van der Waals surface area (Å²) < 4.78 is 40.2. The predicted octanol–water partition coefficient (Wildman–Crippen LogP) is 5.92. The van der Waals surface area contributed by atoms with Gasteiger partial charge in [-0.2, -0.15) is 8.42 Å². The molecular weight excluding hydrogens is 524 g/mol. The lowest BCUT2D eigenvalue weighted by Crippen LogP contribution is -2.53. The molecule has 4 rings (SSSR count). The second-order valence-corrected chi connectivity index (χ2v) is 12.4. The number of hydrogen-bond donors (Lipinski definition) is 1. The van der Waals surface area contributed by atoms with Crippen LogP contribution in [0.3, 0.4) is 0 Å². The summed E-state index contributed by atoms with van der Waals surface area (Å²) in [6.07, 6.45) is 0.905. The van der Waals surface area contributed by atoms with E-state index in [0.29, 0.717) is 37.4 Å². The van der Waals surface area contributed by atoms with E-state index < -0.39 is 21.6 Å². The van der Waals surface area contributed by atoms with Gasteiger partial charge in [0.25, 0.3) is 0 Å². The van der Waals surface area contributed by atoms with Crippen LogP contribution in [0.25, 0.3) is 0 Å². The number of carbonyl (C=O) groups is 1. The molecule has 0 atom stereocenters. The first-order valence-electron chi connectivity index (χ1n) is 13.8. The molecule has 0 saturated carbocycles. The van der Waals surface area contributed by atoms with Crippen LogP contribution in [0.1, 0.15) is 74.6 Å². The van der Waals surface area contributed by atoms with E-state index in [0.717, 1.165) is 23.2 Å². The molecule has 0 bridgehead atoms. The van der Waals surface area contributed by atoms with Crippen molar-refractivity contribution in [1.82, 2.24) is 9.62 Å². The van der Waals surface area contributed by atoms with Gasteiger partial charge in [-0.05, 0) is 72.2 Å². The summed E-state index contributed by atoms with van der Waals surface area (Å²) in [6.45, 7) is 9.97. The van der Waals surface area contributed by atoms with E-state index in [-0.39, 0.29) is 11.8 Å². The van der Waals surface area contributed by atoms with E-state index in [2.05, 4.69) is 21.8 Å². The SMILES string of the molecule is COc1cccc(C2(C(=O)NS(=O)(=O)Oc3c(C(C)C)cccc3C(C)C)CCN(Cc3ccccc3)CC2)c1. The molecular formula is C32H40N2O5S. The van der Waals surface area contributed by atoms with Crippen LogP contribution in [0.5, 0.6) is 11.5 Å². The number of benzene rings is 3. The van der Waals surface area contributed by atoms with Crippen LogP contribution in [0.2, 0.25) is 0 Å². The Labute approximate surface area is 238 Å². The number of rotatable bonds is 10. The van der Waals surface area contributed by atoms with Crippen LogP contribution in [0.4, 0.5) is 0 Å². The van der Waals surface area contributed by atoms with Crippen molar-refractivity contribution in [1.29, 1.82) is 0 Å². The second kappa shape index (κ2) is 12.4. The van der Waals surface area contributed by atoms with E-state index in [1.165, 1.54) is 5.56 Å². The van der Waals surface area contributed by atoms with E-state index >= 15 is 0 Å². The van der Waals surface area contributed by atoms with Gasteiger partial charge in [-0.3, -0.25) is 9.69 Å². The zero-order valence-electron chi connectivity index (χ0n) is 24.0. The molecule has 3 aromatic rings. The van der Waals surface area contributed by atoms with E-state index in [4.69, 9.17) is 8.92 Å². The summed E-state index contributed by atoms with van der Waals surface area (Å²) >= 11 is 0. The highest BCUT2D eigenvalue weighted by atomic mass is 32.2. The number of amides is 1. The van der Waals surface area contributed by atoms with Crippen molar-refractivity contribution in [3.05, 3.63) is 95.1 Å². The number of methoxy groups -OCH3 is 1. The van der Waals surface area contributed by atoms with Gasteiger partial charge in [-0.15, -0.1) is 0 Å². The summed E-state index contributed by atoms with van der Waals surface area (Å²) in [6, 6.07) is 23.2. The summed E-state index contributed by atoms with van der Waals surface area (Å²) in [7, 11) is -2.89. The van der Waals surface area contributed by atoms with Gasteiger partial charge >= 0.3 is 10.3 Å². The van der Waals surface area contributed by atoms with Crippen molar-refractivity contribution in [2.24, 2.45) is 0 Å². The molecule has 0 aromatic heterocycles. The average Bonchev–Trinajstić information content (AvgIpc) is 2.93. The lowest BCUT2D eigenvalue weighted by Gasteiger charge is -2.41. The summed E-state index contributed by atoms with van der Waals surface area (Å²) in [5.41, 5.74) is 2.42. The molecule has 0 radical (unpaired) electrons. The third-order valence-corrected chi connectivity index (χ3v) is 8.57. The standard InChI is InChI=1S/C32H40N2O5S/c1-23(2)28-15-10-16-29(24(3)4)30(28)39-40(36,37)33-31(35)32(26-13-9-14-27(21-26)38-5)17-19-34(20-18-32)22-25-11-7-6-8-12-25/h6-16,21,23-24H,17-20,22H2,1-5H3,(H,33,35). The number of hydrogen-bond acceptors (Lipinski definition) is 6. The molecule has 8 heteroatoms. The molecule has 1 N–H and O–H groups in total. The topological polar surface area (TPSA) is 84.9 Å². The Kier molecular flexibility index (Phi) is 9.21. The molecule has 3 aromatic carbocycles. The van der Waals surface area contributed by atoms with Crippen molar-refractivity contribution in [3.8, 4) is 11.5 Å². The van der Waals surface area contributed by atoms with Crippen molar-refractivity contribution >= 4 is 16.2 Å². The maximum absolute atomic E-state index is 14.0. The van der Waals surface area contributed by atoms with Gasteiger partial charge in [0.2, 0.25) is 5.91 Å². The quantitative estimate of drug-likeness (QED) is 0.329. The number of piperidine rings is 1. The maximum Gasteiger partial charge on any atom is 0.409 e. The Morgan fingerprint density at radius 1 is 0.900 bits per heavy atom. The number of ether oxygens (including phenoxy) is 1. The number of carbonyl (C=O) groups excluding carboxylic acids is 1. The second-order valence-electron chi connectivity index (χ2n) is 11.1. The molecule has 0 spiro atoms. The fourth-order valence-electron chi connectivity index (χ4n) is 5.42. The van der Waals surface area contributed by atoms with Crippen LogP contribution in [0, 0.1) is 0 Å². The van der Waals surface area contributed by atoms with Crippen LogP contribution >= 0.6 is 0 Å². The minimum absolute atomic E-state index is 0.0386. The molecule has 1 aliphatic rings. The van der Waals surface area contributed by atoms with Crippen LogP contribution in [-0.4, -0.2) is 39.4 Å². The molecule has 1 amide bonds. The third-order valence-electron chi connectivity index (χ3n) is 7.75. The summed E-state index contributed by atoms with van der Waals surface area (Å²) in [4.78, 5) is 16.3. The van der Waals surface area contributed by atoms with Gasteiger partial charge in [-0.1, -0.05) is 88.4 Å². The molecule has 1 aliphatic heterocycles. The number of para-hydroxylation sites is 1. The number of likely N-dealkylation sites (tertiary alicyclic amines) is 1. The van der Waals surface area contributed by atoms with Crippen molar-refractivity contribution in [2.45, 2.75) is 64.3 Å². The molecule has 0 aliphatic carbocycles. The first-order valence-corrected chi connectivity index (χ1v) is 15.3. The van der Waals surface area contributed by atoms with Gasteiger partial charge in [0, 0.05) is 6.54 Å². The summed E-state index contributed by atoms with van der Waals surface area (Å²) in [5, 5.41) is 0. The molecule has 214 valence electrons. The highest BCUT2D eigenvalue weighted by Crippen LogP contribution is 2.39. The lowest BCUT2D eigenvalue weighted by molar-refractivity contribution is -0.127. The average molecular weight is 565 g/mol. The smallest absolute Gasteiger partial charge is 0.409 e. The zero-order valence-corrected chi connectivity index (χ0v) is 24.8. The minimum Gasteiger partial charge on any atom is -0.497 e. The summed E-state index contributed by atoms with van der Waals surface area (Å²) in [5.74, 6) is 0.394. The van der Waals surface area contributed by atoms with Crippen molar-refractivity contribution < 1.29 is 22.1 Å². The van der Waals surface area contributed by atoms with Crippen molar-refractivity contribution in [3.63, 3.8) is 0 Å². The van der Waals surface area contributed by atoms with Gasteiger partial charge in [-0.25, -0.2) is 4.72 Å². The molecule has 0 unspecified atom stereocenters. The third kappa shape index (κ3) is 6.67. The molecule has 1 heterocycles. The van der Waals surface area contributed by atoms with Crippen LogP contribution in [0.15, 0.2) is 72.8 Å². The van der Waals surface area contributed by atoms with Crippen LogP contribution < -0.4 is 13.6 Å². The predicted molar refractivity (Wildman–Crippen MR) is 158 cm³/mol. The fraction of sp³-hybridized carbons (Fsp3) is 0.406. The van der Waals surface area contributed by atoms with E-state index in [1.54, 1.807) is 7.11 Å². The zero-order chi connectivity index (χ0) is 28.9. The Hall–Kier alpha value is -3.36.